The number of carbonyl (C=O) groups is 1. The fourth-order valence-corrected chi connectivity index (χ4v) is 4.16. The molecule has 2 aromatic heterocycles. The topological polar surface area (TPSA) is 64.4 Å². The summed E-state index contributed by atoms with van der Waals surface area (Å²) in [6.45, 7) is 0.652. The van der Waals surface area contributed by atoms with E-state index in [0.29, 0.717) is 40.9 Å². The zero-order chi connectivity index (χ0) is 20.6. The van der Waals surface area contributed by atoms with Gasteiger partial charge in [0.05, 0.1) is 11.7 Å². The Morgan fingerprint density at radius 1 is 1.28 bits per heavy atom. The van der Waals surface area contributed by atoms with Crippen LogP contribution in [0.2, 0.25) is 0 Å². The first-order valence-corrected chi connectivity index (χ1v) is 9.81. The Hall–Kier alpha value is -2.88. The molecule has 1 aromatic carbocycles. The molecule has 0 saturated carbocycles. The van der Waals surface area contributed by atoms with Crippen molar-refractivity contribution in [2.75, 3.05) is 11.4 Å². The Bertz CT molecular complexity index is 1120. The molecule has 0 N–H and O–H groups in total. The molecule has 0 radical (unpaired) electrons. The maximum atomic E-state index is 12.8. The molecule has 1 aliphatic heterocycles. The summed E-state index contributed by atoms with van der Waals surface area (Å²) in [5.74, 6) is -0.500. The number of alkyl halides is 3. The minimum atomic E-state index is -4.76. The lowest BCUT2D eigenvalue weighted by molar-refractivity contribution is -0.274. The molecule has 0 fully saturated rings. The molecule has 0 unspecified atom stereocenters. The van der Waals surface area contributed by atoms with Crippen LogP contribution in [0.5, 0.6) is 5.75 Å². The van der Waals surface area contributed by atoms with Crippen LogP contribution in [-0.4, -0.2) is 28.4 Å². The van der Waals surface area contributed by atoms with E-state index in [1.165, 1.54) is 40.4 Å². The summed E-state index contributed by atoms with van der Waals surface area (Å²) in [5, 5.41) is 2.31. The number of rotatable bonds is 4. The molecule has 10 heteroatoms. The van der Waals surface area contributed by atoms with Gasteiger partial charge in [-0.3, -0.25) is 14.2 Å². The number of hydrogen-bond donors (Lipinski definition) is 0. The van der Waals surface area contributed by atoms with Crippen LogP contribution in [0.3, 0.4) is 0 Å². The van der Waals surface area contributed by atoms with Gasteiger partial charge in [-0.2, -0.15) is 0 Å². The third-order valence-corrected chi connectivity index (χ3v) is 5.54. The van der Waals surface area contributed by atoms with Crippen LogP contribution < -0.4 is 15.2 Å². The number of hydrogen-bond acceptors (Lipinski definition) is 5. The van der Waals surface area contributed by atoms with Crippen LogP contribution >= 0.6 is 11.3 Å². The maximum absolute atomic E-state index is 12.8. The number of ether oxygens (including phenoxy) is 1. The molecule has 3 heterocycles. The molecule has 1 amide bonds. The summed E-state index contributed by atoms with van der Waals surface area (Å²) in [7, 11) is 0. The van der Waals surface area contributed by atoms with Crippen LogP contribution in [0.1, 0.15) is 18.4 Å². The Morgan fingerprint density at radius 2 is 2.10 bits per heavy atom. The monoisotopic (exact) mass is 423 g/mol. The summed E-state index contributed by atoms with van der Waals surface area (Å²) in [6, 6.07) is 5.70. The summed E-state index contributed by atoms with van der Waals surface area (Å²) >= 11 is 1.37. The minimum Gasteiger partial charge on any atom is -0.406 e. The van der Waals surface area contributed by atoms with Crippen molar-refractivity contribution in [3.8, 4) is 5.75 Å². The SMILES string of the molecule is O=C(CCn1cnc2sccc2c1=O)N1CCCc2cc(OC(F)(F)F)ccc21. The number of aryl methyl sites for hydroxylation is 2. The number of carbonyl (C=O) groups excluding carboxylic acids is 1. The average molecular weight is 423 g/mol. The Morgan fingerprint density at radius 3 is 2.90 bits per heavy atom. The van der Waals surface area contributed by atoms with Crippen molar-refractivity contribution in [1.82, 2.24) is 9.55 Å². The predicted octanol–water partition coefficient (Wildman–Crippen LogP) is 3.73. The number of nitrogens with zero attached hydrogens (tertiary/aromatic N) is 3. The lowest BCUT2D eigenvalue weighted by Gasteiger charge is -2.30. The normalized spacial score (nSPS) is 14.1. The van der Waals surface area contributed by atoms with Crippen LogP contribution in [0.25, 0.3) is 10.2 Å². The van der Waals surface area contributed by atoms with Gasteiger partial charge in [-0.1, -0.05) is 0 Å². The Balaban J connectivity index is 1.49. The molecule has 1 aliphatic rings. The number of fused-ring (bicyclic) bond motifs is 2. The summed E-state index contributed by atoms with van der Waals surface area (Å²) in [5.41, 5.74) is 1.01. The van der Waals surface area contributed by atoms with Gasteiger partial charge >= 0.3 is 6.36 Å². The van der Waals surface area contributed by atoms with Crippen LogP contribution in [0, 0.1) is 0 Å². The number of anilines is 1. The second-order valence-corrected chi connectivity index (χ2v) is 7.51. The third-order valence-electron chi connectivity index (χ3n) is 4.72. The largest absolute Gasteiger partial charge is 0.573 e. The van der Waals surface area contributed by atoms with E-state index >= 15 is 0 Å². The highest BCUT2D eigenvalue weighted by atomic mass is 32.1. The van der Waals surface area contributed by atoms with Crippen LogP contribution in [0.4, 0.5) is 18.9 Å². The molecule has 4 rings (SSSR count). The molecular formula is C19H16F3N3O3S. The van der Waals surface area contributed by atoms with E-state index in [1.807, 2.05) is 0 Å². The third kappa shape index (κ3) is 4.12. The van der Waals surface area contributed by atoms with Gasteiger partial charge in [0, 0.05) is 25.2 Å². The van der Waals surface area contributed by atoms with Crippen molar-refractivity contribution in [2.45, 2.75) is 32.2 Å². The van der Waals surface area contributed by atoms with E-state index in [0.717, 1.165) is 0 Å². The first-order chi connectivity index (χ1) is 13.8. The molecule has 152 valence electrons. The van der Waals surface area contributed by atoms with E-state index in [4.69, 9.17) is 0 Å². The van der Waals surface area contributed by atoms with Gasteiger partial charge in [-0.05, 0) is 48.1 Å². The van der Waals surface area contributed by atoms with Crippen LogP contribution in [-0.2, 0) is 17.8 Å². The molecule has 0 aliphatic carbocycles. The van der Waals surface area contributed by atoms with Crippen molar-refractivity contribution in [3.05, 3.63) is 51.9 Å². The minimum absolute atomic E-state index is 0.0808. The van der Waals surface area contributed by atoms with Gasteiger partial charge < -0.3 is 9.64 Å². The van der Waals surface area contributed by atoms with Gasteiger partial charge in [0.15, 0.2) is 0 Å². The van der Waals surface area contributed by atoms with Gasteiger partial charge in [0.2, 0.25) is 5.91 Å². The Labute approximate surface area is 167 Å². The standard InChI is InChI=1S/C19H16F3N3O3S/c20-19(21,22)28-13-3-4-15-12(10-13)2-1-7-25(15)16(26)5-8-24-11-23-17-14(18(24)27)6-9-29-17/h3-4,6,9-11H,1-2,5,7-8H2. The molecule has 0 atom stereocenters. The fraction of sp³-hybridized carbons (Fsp3) is 0.316. The van der Waals surface area contributed by atoms with Gasteiger partial charge in [0.25, 0.3) is 5.56 Å². The number of thiophene rings is 1. The summed E-state index contributed by atoms with van der Waals surface area (Å²) in [4.78, 5) is 31.6. The number of benzene rings is 1. The van der Waals surface area contributed by atoms with Crippen molar-refractivity contribution < 1.29 is 22.7 Å². The quantitative estimate of drug-likeness (QED) is 0.642. The molecular weight excluding hydrogens is 407 g/mol. The zero-order valence-electron chi connectivity index (χ0n) is 15.1. The second-order valence-electron chi connectivity index (χ2n) is 6.62. The average Bonchev–Trinajstić information content (AvgIpc) is 3.15. The zero-order valence-corrected chi connectivity index (χ0v) is 15.9. The van der Waals surface area contributed by atoms with Crippen molar-refractivity contribution in [3.63, 3.8) is 0 Å². The summed E-state index contributed by atoms with van der Waals surface area (Å²) in [6.07, 6.45) is -2.05. The second kappa shape index (κ2) is 7.51. The van der Waals surface area contributed by atoms with E-state index in [1.54, 1.807) is 16.3 Å². The van der Waals surface area contributed by atoms with E-state index in [-0.39, 0.29) is 30.2 Å². The highest BCUT2D eigenvalue weighted by molar-refractivity contribution is 7.16. The lowest BCUT2D eigenvalue weighted by atomic mass is 10.0. The molecule has 3 aromatic rings. The maximum Gasteiger partial charge on any atom is 0.573 e. The molecule has 0 spiro atoms. The molecule has 29 heavy (non-hydrogen) atoms. The predicted molar refractivity (Wildman–Crippen MR) is 102 cm³/mol. The summed E-state index contributed by atoms with van der Waals surface area (Å²) < 4.78 is 42.7. The van der Waals surface area contributed by atoms with Crippen LogP contribution in [0.15, 0.2) is 40.8 Å². The molecule has 0 bridgehead atoms. The van der Waals surface area contributed by atoms with Gasteiger partial charge in [0.1, 0.15) is 10.6 Å². The Kier molecular flexibility index (Phi) is 5.03. The molecule has 6 nitrogen and oxygen atoms in total. The van der Waals surface area contributed by atoms with Crippen molar-refractivity contribution in [2.24, 2.45) is 0 Å². The van der Waals surface area contributed by atoms with Crippen molar-refractivity contribution >= 4 is 33.1 Å². The van der Waals surface area contributed by atoms with E-state index < -0.39 is 6.36 Å². The highest BCUT2D eigenvalue weighted by Crippen LogP contribution is 2.33. The van der Waals surface area contributed by atoms with Crippen molar-refractivity contribution in [1.29, 1.82) is 0 Å². The first-order valence-electron chi connectivity index (χ1n) is 8.93. The van der Waals surface area contributed by atoms with Gasteiger partial charge in [-0.25, -0.2) is 4.98 Å². The molecule has 0 saturated heterocycles. The first kappa shape index (κ1) is 19.4. The van der Waals surface area contributed by atoms with E-state index in [2.05, 4.69) is 9.72 Å². The van der Waals surface area contributed by atoms with E-state index in [9.17, 15) is 22.8 Å². The van der Waals surface area contributed by atoms with Gasteiger partial charge in [-0.15, -0.1) is 24.5 Å². The fourth-order valence-electron chi connectivity index (χ4n) is 3.43. The number of halogens is 3. The lowest BCUT2D eigenvalue weighted by Crippen LogP contribution is -2.36. The smallest absolute Gasteiger partial charge is 0.406 e. The highest BCUT2D eigenvalue weighted by Gasteiger charge is 2.32. The number of amides is 1. The number of aromatic nitrogens is 2.